The quantitative estimate of drug-likeness (QED) is 0.774. The van der Waals surface area contributed by atoms with Gasteiger partial charge in [0, 0.05) is 24.5 Å². The van der Waals surface area contributed by atoms with Crippen LogP contribution in [0, 0.1) is 5.92 Å². The second-order valence-corrected chi connectivity index (χ2v) is 6.63. The van der Waals surface area contributed by atoms with Gasteiger partial charge < -0.3 is 14.6 Å². The molecule has 128 valence electrons. The van der Waals surface area contributed by atoms with E-state index in [2.05, 4.69) is 15.3 Å². The minimum Gasteiger partial charge on any atom is -0.481 e. The number of carbonyl (C=O) groups excluding carboxylic acids is 1. The summed E-state index contributed by atoms with van der Waals surface area (Å²) in [6.07, 6.45) is 5.24. The zero-order valence-corrected chi connectivity index (χ0v) is 14.7. The van der Waals surface area contributed by atoms with E-state index < -0.39 is 0 Å². The van der Waals surface area contributed by atoms with Crippen molar-refractivity contribution < 1.29 is 9.53 Å². The first-order valence-corrected chi connectivity index (χ1v) is 8.41. The molecule has 1 aliphatic rings. The van der Waals surface area contributed by atoms with Crippen LogP contribution in [-0.2, 0) is 11.8 Å². The van der Waals surface area contributed by atoms with Crippen LogP contribution in [0.2, 0.25) is 5.02 Å². The number of amides is 1. The lowest BCUT2D eigenvalue weighted by Gasteiger charge is -2.09. The highest BCUT2D eigenvalue weighted by atomic mass is 35.5. The highest BCUT2D eigenvalue weighted by Crippen LogP contribution is 2.35. The van der Waals surface area contributed by atoms with Gasteiger partial charge in [0.1, 0.15) is 5.82 Å². The molecule has 0 radical (unpaired) electrons. The average molecular weight is 357 g/mol. The number of anilines is 1. The van der Waals surface area contributed by atoms with E-state index in [9.17, 15) is 4.79 Å². The number of nitrogens with one attached hydrogen (secondary N) is 1. The second kappa shape index (κ2) is 6.04. The molecular formula is C18H17ClN4O2. The fourth-order valence-electron chi connectivity index (χ4n) is 2.91. The molecular weight excluding hydrogens is 340 g/mol. The van der Waals surface area contributed by atoms with E-state index in [-0.39, 0.29) is 11.8 Å². The molecule has 0 aromatic carbocycles. The second-order valence-electron chi connectivity index (χ2n) is 6.19. The first kappa shape index (κ1) is 15.9. The SMILES string of the molecule is COc1ncc(Cl)cc1-c1cc2cc(NC(=O)C3CC3)ncc2n1C. The molecule has 1 fully saturated rings. The van der Waals surface area contributed by atoms with Gasteiger partial charge in [0.05, 0.1) is 35.1 Å². The smallest absolute Gasteiger partial charge is 0.228 e. The maximum Gasteiger partial charge on any atom is 0.228 e. The lowest BCUT2D eigenvalue weighted by atomic mass is 10.2. The number of nitrogens with zero attached hydrogens (tertiary/aromatic N) is 3. The van der Waals surface area contributed by atoms with E-state index in [1.165, 1.54) is 0 Å². The molecule has 0 saturated heterocycles. The van der Waals surface area contributed by atoms with Crippen molar-refractivity contribution >= 4 is 34.2 Å². The van der Waals surface area contributed by atoms with Crippen LogP contribution >= 0.6 is 11.6 Å². The molecule has 4 rings (SSSR count). The van der Waals surface area contributed by atoms with Gasteiger partial charge in [-0.15, -0.1) is 0 Å². The Morgan fingerprint density at radius 1 is 1.28 bits per heavy atom. The Morgan fingerprint density at radius 3 is 2.80 bits per heavy atom. The fourth-order valence-corrected chi connectivity index (χ4v) is 3.06. The van der Waals surface area contributed by atoms with Crippen LogP contribution in [0.15, 0.2) is 30.6 Å². The third-order valence-electron chi connectivity index (χ3n) is 4.42. The van der Waals surface area contributed by atoms with Gasteiger partial charge in [-0.2, -0.15) is 0 Å². The molecule has 1 amide bonds. The number of fused-ring (bicyclic) bond motifs is 1. The predicted molar refractivity (Wildman–Crippen MR) is 96.9 cm³/mol. The van der Waals surface area contributed by atoms with Gasteiger partial charge in [0.25, 0.3) is 0 Å². The zero-order chi connectivity index (χ0) is 17.6. The summed E-state index contributed by atoms with van der Waals surface area (Å²) >= 11 is 6.11. The molecule has 3 heterocycles. The number of carbonyl (C=O) groups is 1. The van der Waals surface area contributed by atoms with Crippen molar-refractivity contribution in [3.05, 3.63) is 35.6 Å². The van der Waals surface area contributed by atoms with Gasteiger partial charge >= 0.3 is 0 Å². The molecule has 0 atom stereocenters. The Hall–Kier alpha value is -2.60. The maximum atomic E-state index is 11.9. The minimum absolute atomic E-state index is 0.0451. The summed E-state index contributed by atoms with van der Waals surface area (Å²) in [5.74, 6) is 1.26. The van der Waals surface area contributed by atoms with Crippen LogP contribution < -0.4 is 10.1 Å². The summed E-state index contributed by atoms with van der Waals surface area (Å²) in [4.78, 5) is 20.5. The van der Waals surface area contributed by atoms with Crippen molar-refractivity contribution in [3.63, 3.8) is 0 Å². The Bertz CT molecular complexity index is 979. The first-order valence-electron chi connectivity index (χ1n) is 8.03. The fraction of sp³-hybridized carbons (Fsp3) is 0.278. The molecule has 1 N–H and O–H groups in total. The summed E-state index contributed by atoms with van der Waals surface area (Å²) < 4.78 is 7.36. The number of aryl methyl sites for hydroxylation is 1. The van der Waals surface area contributed by atoms with Crippen LogP contribution in [0.3, 0.4) is 0 Å². The molecule has 0 spiro atoms. The monoisotopic (exact) mass is 356 g/mol. The van der Waals surface area contributed by atoms with Gasteiger partial charge in [-0.3, -0.25) is 4.79 Å². The van der Waals surface area contributed by atoms with Crippen molar-refractivity contribution in [2.24, 2.45) is 13.0 Å². The maximum absolute atomic E-state index is 11.9. The summed E-state index contributed by atoms with van der Waals surface area (Å²) in [6.45, 7) is 0. The number of halogens is 1. The molecule has 1 saturated carbocycles. The van der Waals surface area contributed by atoms with Gasteiger partial charge in [-0.05, 0) is 31.0 Å². The van der Waals surface area contributed by atoms with Crippen LogP contribution in [0.4, 0.5) is 5.82 Å². The van der Waals surface area contributed by atoms with Crippen molar-refractivity contribution in [3.8, 4) is 17.1 Å². The van der Waals surface area contributed by atoms with Crippen LogP contribution in [0.25, 0.3) is 22.2 Å². The Balaban J connectivity index is 1.77. The van der Waals surface area contributed by atoms with Crippen molar-refractivity contribution in [2.45, 2.75) is 12.8 Å². The normalized spacial score (nSPS) is 13.9. The van der Waals surface area contributed by atoms with Gasteiger partial charge in [-0.25, -0.2) is 9.97 Å². The molecule has 0 aliphatic heterocycles. The van der Waals surface area contributed by atoms with Gasteiger partial charge in [0.2, 0.25) is 11.8 Å². The number of ether oxygens (including phenoxy) is 1. The largest absolute Gasteiger partial charge is 0.481 e. The van der Waals surface area contributed by atoms with Crippen molar-refractivity contribution in [2.75, 3.05) is 12.4 Å². The lowest BCUT2D eigenvalue weighted by molar-refractivity contribution is -0.117. The van der Waals surface area contributed by atoms with Crippen molar-refractivity contribution in [1.82, 2.24) is 14.5 Å². The van der Waals surface area contributed by atoms with Crippen molar-refractivity contribution in [1.29, 1.82) is 0 Å². The van der Waals surface area contributed by atoms with E-state index in [4.69, 9.17) is 16.3 Å². The van der Waals surface area contributed by atoms with Gasteiger partial charge in [-0.1, -0.05) is 11.6 Å². The third-order valence-corrected chi connectivity index (χ3v) is 4.62. The van der Waals surface area contributed by atoms with Crippen LogP contribution in [0.5, 0.6) is 5.88 Å². The molecule has 0 unspecified atom stereocenters. The minimum atomic E-state index is 0.0451. The molecule has 6 nitrogen and oxygen atoms in total. The summed E-state index contributed by atoms with van der Waals surface area (Å²) in [6, 6.07) is 5.72. The Labute approximate surface area is 149 Å². The summed E-state index contributed by atoms with van der Waals surface area (Å²) in [5, 5.41) is 4.39. The van der Waals surface area contributed by atoms with Gasteiger partial charge in [0.15, 0.2) is 0 Å². The van der Waals surface area contributed by atoms with E-state index in [0.717, 1.165) is 35.0 Å². The first-order chi connectivity index (χ1) is 12.1. The van der Waals surface area contributed by atoms with E-state index in [0.29, 0.717) is 16.7 Å². The summed E-state index contributed by atoms with van der Waals surface area (Å²) in [7, 11) is 3.53. The Kier molecular flexibility index (Phi) is 3.84. The van der Waals surface area contributed by atoms with Crippen LogP contribution in [0.1, 0.15) is 12.8 Å². The molecule has 7 heteroatoms. The number of aromatic nitrogens is 3. The Morgan fingerprint density at radius 2 is 2.08 bits per heavy atom. The number of methoxy groups -OCH3 is 1. The zero-order valence-electron chi connectivity index (χ0n) is 13.9. The highest BCUT2D eigenvalue weighted by Gasteiger charge is 2.29. The third kappa shape index (κ3) is 2.93. The molecule has 3 aromatic heterocycles. The number of hydrogen-bond acceptors (Lipinski definition) is 4. The molecule has 1 aliphatic carbocycles. The molecule has 0 bridgehead atoms. The number of pyridine rings is 2. The van der Waals surface area contributed by atoms with E-state index in [1.807, 2.05) is 29.8 Å². The molecule has 3 aromatic rings. The predicted octanol–water partition coefficient (Wildman–Crippen LogP) is 3.65. The van der Waals surface area contributed by atoms with Crippen LogP contribution in [-0.4, -0.2) is 27.6 Å². The van der Waals surface area contributed by atoms with E-state index in [1.54, 1.807) is 19.5 Å². The lowest BCUT2D eigenvalue weighted by Crippen LogP contribution is -2.14. The summed E-state index contributed by atoms with van der Waals surface area (Å²) in [5.41, 5.74) is 2.66. The van der Waals surface area contributed by atoms with E-state index >= 15 is 0 Å². The highest BCUT2D eigenvalue weighted by molar-refractivity contribution is 6.30. The molecule has 25 heavy (non-hydrogen) atoms. The topological polar surface area (TPSA) is 69.0 Å². The number of rotatable bonds is 4. The standard InChI is InChI=1S/C18H17ClN4O2/c1-23-14(13-7-12(19)8-21-18(13)25-2)5-11-6-16(20-9-15(11)23)22-17(24)10-3-4-10/h5-10H,3-4H2,1-2H3,(H,20,22,24). The average Bonchev–Trinajstić information content (AvgIpc) is 3.40. The number of hydrogen-bond donors (Lipinski definition) is 1.